The van der Waals surface area contributed by atoms with Crippen molar-refractivity contribution in [2.24, 2.45) is 0 Å². The van der Waals surface area contributed by atoms with Gasteiger partial charge in [0.15, 0.2) is 0 Å². The number of aromatic nitrogens is 2. The van der Waals surface area contributed by atoms with E-state index >= 15 is 0 Å². The molecule has 0 aliphatic heterocycles. The van der Waals surface area contributed by atoms with E-state index in [4.69, 9.17) is 10.2 Å². The second-order valence-electron chi connectivity index (χ2n) is 6.02. The lowest BCUT2D eigenvalue weighted by Crippen LogP contribution is -2.04. The molecule has 0 aliphatic carbocycles. The zero-order chi connectivity index (χ0) is 17.2. The largest absolute Gasteiger partial charge is 0.472 e. The van der Waals surface area contributed by atoms with Gasteiger partial charge in [-0.15, -0.1) is 11.3 Å². The summed E-state index contributed by atoms with van der Waals surface area (Å²) in [5, 5.41) is 1.23. The molecule has 0 saturated carbocycles. The fraction of sp³-hybridized carbons (Fsp3) is 0.200. The third-order valence-electron chi connectivity index (χ3n) is 4.26. The van der Waals surface area contributed by atoms with Crippen molar-refractivity contribution in [2.45, 2.75) is 26.2 Å². The summed E-state index contributed by atoms with van der Waals surface area (Å²) in [6.07, 6.45) is 6.49. The van der Waals surface area contributed by atoms with Gasteiger partial charge < -0.3 is 10.2 Å². The maximum absolute atomic E-state index is 6.05. The molecule has 0 radical (unpaired) electrons. The molecule has 5 heteroatoms. The molecule has 0 spiro atoms. The third kappa shape index (κ3) is 3.03. The fourth-order valence-corrected chi connectivity index (χ4v) is 4.11. The van der Waals surface area contributed by atoms with Crippen LogP contribution in [0.4, 0.5) is 5.95 Å². The van der Waals surface area contributed by atoms with Crippen molar-refractivity contribution in [3.05, 3.63) is 54.5 Å². The summed E-state index contributed by atoms with van der Waals surface area (Å²) in [5.74, 6) is 0.295. The van der Waals surface area contributed by atoms with Gasteiger partial charge >= 0.3 is 0 Å². The van der Waals surface area contributed by atoms with E-state index in [0.717, 1.165) is 46.7 Å². The molecule has 126 valence electrons. The van der Waals surface area contributed by atoms with Crippen molar-refractivity contribution >= 4 is 27.4 Å². The minimum Gasteiger partial charge on any atom is -0.472 e. The van der Waals surface area contributed by atoms with E-state index in [1.54, 1.807) is 23.9 Å². The van der Waals surface area contributed by atoms with E-state index < -0.39 is 0 Å². The summed E-state index contributed by atoms with van der Waals surface area (Å²) in [5.41, 5.74) is 9.96. The molecule has 0 atom stereocenters. The monoisotopic (exact) mass is 349 g/mol. The molecule has 3 aromatic heterocycles. The lowest BCUT2D eigenvalue weighted by atomic mass is 10.00. The second kappa shape index (κ2) is 6.69. The molecule has 4 rings (SSSR count). The number of rotatable bonds is 5. The van der Waals surface area contributed by atoms with Gasteiger partial charge in [0, 0.05) is 15.8 Å². The summed E-state index contributed by atoms with van der Waals surface area (Å²) >= 11 is 1.74. The van der Waals surface area contributed by atoms with E-state index in [9.17, 15) is 0 Å². The maximum atomic E-state index is 6.05. The molecular formula is C20H19N3OS. The minimum absolute atomic E-state index is 0.295. The van der Waals surface area contributed by atoms with Crippen LogP contribution in [0.1, 0.15) is 25.3 Å². The van der Waals surface area contributed by atoms with Gasteiger partial charge in [-0.05, 0) is 36.4 Å². The summed E-state index contributed by atoms with van der Waals surface area (Å²) < 4.78 is 6.51. The van der Waals surface area contributed by atoms with E-state index in [0.29, 0.717) is 5.95 Å². The Morgan fingerprint density at radius 2 is 1.96 bits per heavy atom. The van der Waals surface area contributed by atoms with Crippen molar-refractivity contribution in [3.63, 3.8) is 0 Å². The highest BCUT2D eigenvalue weighted by Crippen LogP contribution is 2.38. The smallest absolute Gasteiger partial charge is 0.221 e. The number of fused-ring (bicyclic) bond motifs is 1. The molecule has 0 saturated heterocycles. The molecule has 0 unspecified atom stereocenters. The van der Waals surface area contributed by atoms with Crippen LogP contribution in [-0.4, -0.2) is 9.97 Å². The van der Waals surface area contributed by atoms with Crippen LogP contribution in [0.3, 0.4) is 0 Å². The molecule has 0 fully saturated rings. The zero-order valence-electron chi connectivity index (χ0n) is 14.0. The first-order chi connectivity index (χ1) is 12.3. The highest BCUT2D eigenvalue weighted by molar-refractivity contribution is 7.22. The molecule has 4 nitrogen and oxygen atoms in total. The maximum Gasteiger partial charge on any atom is 0.221 e. The molecule has 0 bridgehead atoms. The number of hydrogen-bond acceptors (Lipinski definition) is 5. The predicted molar refractivity (Wildman–Crippen MR) is 104 cm³/mol. The number of thiophene rings is 1. The van der Waals surface area contributed by atoms with Crippen molar-refractivity contribution in [3.8, 4) is 21.8 Å². The Morgan fingerprint density at radius 3 is 2.72 bits per heavy atom. The second-order valence-corrected chi connectivity index (χ2v) is 7.11. The Labute approximate surface area is 150 Å². The van der Waals surface area contributed by atoms with Gasteiger partial charge in [0.05, 0.1) is 28.8 Å². The van der Waals surface area contributed by atoms with Gasteiger partial charge in [-0.1, -0.05) is 31.5 Å². The average molecular weight is 349 g/mol. The zero-order valence-corrected chi connectivity index (χ0v) is 14.8. The van der Waals surface area contributed by atoms with E-state index in [-0.39, 0.29) is 0 Å². The summed E-state index contributed by atoms with van der Waals surface area (Å²) in [4.78, 5) is 10.3. The summed E-state index contributed by atoms with van der Waals surface area (Å²) in [6, 6.07) is 12.5. The number of furan rings is 1. The number of benzene rings is 1. The Balaban J connectivity index is 1.93. The van der Waals surface area contributed by atoms with Crippen LogP contribution in [0.25, 0.3) is 31.9 Å². The first-order valence-corrected chi connectivity index (χ1v) is 9.26. The van der Waals surface area contributed by atoms with Crippen LogP contribution in [-0.2, 0) is 6.42 Å². The topological polar surface area (TPSA) is 64.9 Å². The Hall–Kier alpha value is -2.66. The number of nitrogen functional groups attached to an aromatic ring is 1. The summed E-state index contributed by atoms with van der Waals surface area (Å²) in [6.45, 7) is 2.19. The molecule has 4 aromatic rings. The normalized spacial score (nSPS) is 11.2. The van der Waals surface area contributed by atoms with Gasteiger partial charge in [-0.3, -0.25) is 0 Å². The SMILES string of the molecule is CCCCc1c(-c2ccoc2)nc(N)nc1-c1cc2ccccc2s1. The van der Waals surface area contributed by atoms with Crippen LogP contribution in [0.2, 0.25) is 0 Å². The van der Waals surface area contributed by atoms with Crippen LogP contribution < -0.4 is 5.73 Å². The van der Waals surface area contributed by atoms with Crippen LogP contribution >= 0.6 is 11.3 Å². The first kappa shape index (κ1) is 15.8. The van der Waals surface area contributed by atoms with Gasteiger partial charge in [0.25, 0.3) is 0 Å². The van der Waals surface area contributed by atoms with E-state index in [2.05, 4.69) is 47.2 Å². The number of nitrogens with zero attached hydrogens (tertiary/aromatic N) is 2. The lowest BCUT2D eigenvalue weighted by Gasteiger charge is -2.12. The molecule has 0 amide bonds. The number of unbranched alkanes of at least 4 members (excludes halogenated alkanes) is 1. The molecule has 1 aromatic carbocycles. The number of anilines is 1. The van der Waals surface area contributed by atoms with Gasteiger partial charge in [-0.25, -0.2) is 9.97 Å². The molecule has 3 heterocycles. The lowest BCUT2D eigenvalue weighted by molar-refractivity contribution is 0.568. The van der Waals surface area contributed by atoms with Crippen molar-refractivity contribution < 1.29 is 4.42 Å². The van der Waals surface area contributed by atoms with Gasteiger partial charge in [0.1, 0.15) is 0 Å². The van der Waals surface area contributed by atoms with Crippen LogP contribution in [0.15, 0.2) is 53.3 Å². The fourth-order valence-electron chi connectivity index (χ4n) is 3.03. The Bertz CT molecular complexity index is 972. The molecule has 25 heavy (non-hydrogen) atoms. The molecule has 0 aliphatic rings. The highest BCUT2D eigenvalue weighted by Gasteiger charge is 2.18. The van der Waals surface area contributed by atoms with Crippen molar-refractivity contribution in [1.82, 2.24) is 9.97 Å². The predicted octanol–water partition coefficient (Wildman–Crippen LogP) is 5.54. The van der Waals surface area contributed by atoms with Gasteiger partial charge in [0.2, 0.25) is 5.95 Å². The minimum atomic E-state index is 0.295. The average Bonchev–Trinajstić information content (AvgIpc) is 3.29. The standard InChI is InChI=1S/C20H19N3OS/c1-2-3-7-15-18(14-9-10-24-12-14)22-20(21)23-19(15)17-11-13-6-4-5-8-16(13)25-17/h4-6,8-12H,2-3,7H2,1H3,(H2,21,22,23). The van der Waals surface area contributed by atoms with Crippen LogP contribution in [0, 0.1) is 0 Å². The van der Waals surface area contributed by atoms with Crippen molar-refractivity contribution in [1.29, 1.82) is 0 Å². The van der Waals surface area contributed by atoms with Crippen molar-refractivity contribution in [2.75, 3.05) is 5.73 Å². The Kier molecular flexibility index (Phi) is 4.24. The summed E-state index contributed by atoms with van der Waals surface area (Å²) in [7, 11) is 0. The quantitative estimate of drug-likeness (QED) is 0.513. The highest BCUT2D eigenvalue weighted by atomic mass is 32.1. The van der Waals surface area contributed by atoms with E-state index in [1.165, 1.54) is 10.1 Å². The molecule has 2 N–H and O–H groups in total. The number of hydrogen-bond donors (Lipinski definition) is 1. The van der Waals surface area contributed by atoms with Crippen LogP contribution in [0.5, 0.6) is 0 Å². The Morgan fingerprint density at radius 1 is 1.12 bits per heavy atom. The first-order valence-electron chi connectivity index (χ1n) is 8.44. The molecular weight excluding hydrogens is 330 g/mol. The van der Waals surface area contributed by atoms with E-state index in [1.807, 2.05) is 6.07 Å². The third-order valence-corrected chi connectivity index (χ3v) is 5.38. The van der Waals surface area contributed by atoms with Gasteiger partial charge in [-0.2, -0.15) is 0 Å². The number of nitrogens with two attached hydrogens (primary N) is 1.